The molecule has 0 bridgehead atoms. The van der Waals surface area contributed by atoms with Crippen molar-refractivity contribution in [3.8, 4) is 0 Å². The molecule has 0 atom stereocenters. The van der Waals surface area contributed by atoms with Gasteiger partial charge in [-0.25, -0.2) is 9.38 Å². The average molecular weight is 274 g/mol. The number of hydrogen-bond acceptors (Lipinski definition) is 2. The number of hydrogen-bond donors (Lipinski definition) is 0. The van der Waals surface area contributed by atoms with E-state index in [4.69, 9.17) is 0 Å². The van der Waals surface area contributed by atoms with Crippen LogP contribution in [0.4, 0.5) is 4.39 Å². The molecule has 2 nitrogen and oxygen atoms in total. The zero-order valence-corrected chi connectivity index (χ0v) is 9.36. The fourth-order valence-electron chi connectivity index (χ4n) is 1.14. The topological polar surface area (TPSA) is 29.4 Å². The van der Waals surface area contributed by atoms with Crippen LogP contribution in [0.1, 0.15) is 5.56 Å². The maximum Gasteiger partial charge on any atom is 0.257 e. The Balaban J connectivity index is 2.51. The fraction of sp³-hybridized carbons (Fsp3) is 0.111. The number of benzene rings is 1. The van der Waals surface area contributed by atoms with Crippen LogP contribution in [0.2, 0.25) is 0 Å². The van der Waals surface area contributed by atoms with E-state index in [0.29, 0.717) is 20.8 Å². The number of aliphatic imine (C=N–C) groups is 1. The van der Waals surface area contributed by atoms with Gasteiger partial charge in [0.05, 0.1) is 11.3 Å². The molecular formula is C9H5BrFNOS. The molecule has 14 heavy (non-hydrogen) atoms. The number of carbonyl (C=O) groups is 1. The summed E-state index contributed by atoms with van der Waals surface area (Å²) < 4.78 is 14.0. The van der Waals surface area contributed by atoms with E-state index in [0.717, 1.165) is 0 Å². The second kappa shape index (κ2) is 3.82. The molecule has 72 valence electrons. The molecule has 1 aromatic carbocycles. The van der Waals surface area contributed by atoms with Crippen LogP contribution in [0.5, 0.6) is 0 Å². The van der Waals surface area contributed by atoms with Gasteiger partial charge < -0.3 is 0 Å². The molecule has 1 aromatic rings. The summed E-state index contributed by atoms with van der Waals surface area (Å²) >= 11 is 4.49. The normalized spacial score (nSPS) is 15.9. The highest BCUT2D eigenvalue weighted by atomic mass is 79.9. The molecule has 1 amide bonds. The Kier molecular flexibility index (Phi) is 2.69. The zero-order chi connectivity index (χ0) is 10.1. The summed E-state index contributed by atoms with van der Waals surface area (Å²) in [6.07, 6.45) is 0. The number of rotatable bonds is 1. The van der Waals surface area contributed by atoms with Crippen LogP contribution in [-0.2, 0) is 4.79 Å². The van der Waals surface area contributed by atoms with Gasteiger partial charge in [0.1, 0.15) is 10.9 Å². The van der Waals surface area contributed by atoms with Crippen molar-refractivity contribution in [2.75, 3.05) is 5.75 Å². The van der Waals surface area contributed by atoms with Crippen LogP contribution >= 0.6 is 27.7 Å². The van der Waals surface area contributed by atoms with E-state index in [9.17, 15) is 9.18 Å². The lowest BCUT2D eigenvalue weighted by Gasteiger charge is -2.03. The maximum atomic E-state index is 13.4. The Labute approximate surface area is 92.7 Å². The Morgan fingerprint density at radius 1 is 1.50 bits per heavy atom. The second-order valence-corrected chi connectivity index (χ2v) is 4.51. The van der Waals surface area contributed by atoms with E-state index in [2.05, 4.69) is 20.9 Å². The van der Waals surface area contributed by atoms with Gasteiger partial charge in [0, 0.05) is 4.47 Å². The molecule has 0 spiro atoms. The van der Waals surface area contributed by atoms with Gasteiger partial charge in [-0.1, -0.05) is 17.8 Å². The number of thioether (sulfide) groups is 1. The number of nitrogens with zero attached hydrogens (tertiary/aromatic N) is 1. The lowest BCUT2D eigenvalue weighted by atomic mass is 10.2. The second-order valence-electron chi connectivity index (χ2n) is 2.70. The Bertz CT molecular complexity index is 413. The van der Waals surface area contributed by atoms with Crippen LogP contribution in [0.15, 0.2) is 27.7 Å². The first kappa shape index (κ1) is 9.86. The van der Waals surface area contributed by atoms with Crippen molar-refractivity contribution >= 4 is 38.6 Å². The number of halogens is 2. The highest BCUT2D eigenvalue weighted by molar-refractivity contribution is 9.10. The highest BCUT2D eigenvalue weighted by Crippen LogP contribution is 2.27. The van der Waals surface area contributed by atoms with Crippen molar-refractivity contribution in [3.05, 3.63) is 34.1 Å². The molecule has 0 saturated carbocycles. The monoisotopic (exact) mass is 273 g/mol. The zero-order valence-electron chi connectivity index (χ0n) is 6.96. The van der Waals surface area contributed by atoms with E-state index in [1.807, 2.05) is 0 Å². The standard InChI is InChI=1S/C9H5BrFNOS/c10-5-2-1-3-6(11)8(5)9-12-7(13)4-14-9/h1-3H,4H2. The van der Waals surface area contributed by atoms with Crippen molar-refractivity contribution in [1.29, 1.82) is 0 Å². The summed E-state index contributed by atoms with van der Waals surface area (Å²) in [5.74, 6) is -0.267. The number of carbonyl (C=O) groups excluding carboxylic acids is 1. The molecule has 0 N–H and O–H groups in total. The van der Waals surface area contributed by atoms with E-state index in [1.54, 1.807) is 12.1 Å². The number of amides is 1. The predicted octanol–water partition coefficient (Wildman–Crippen LogP) is 2.61. The predicted molar refractivity (Wildman–Crippen MR) is 58.1 cm³/mol. The molecule has 1 aliphatic rings. The quantitative estimate of drug-likeness (QED) is 0.787. The molecule has 0 aliphatic carbocycles. The first-order valence-electron chi connectivity index (χ1n) is 3.87. The van der Waals surface area contributed by atoms with Gasteiger partial charge in [-0.2, -0.15) is 0 Å². The van der Waals surface area contributed by atoms with Gasteiger partial charge in [0.15, 0.2) is 0 Å². The van der Waals surface area contributed by atoms with Gasteiger partial charge in [-0.3, -0.25) is 4.79 Å². The van der Waals surface area contributed by atoms with Crippen molar-refractivity contribution < 1.29 is 9.18 Å². The third kappa shape index (κ3) is 1.74. The first-order valence-corrected chi connectivity index (χ1v) is 5.65. The molecule has 0 radical (unpaired) electrons. The minimum absolute atomic E-state index is 0.208. The van der Waals surface area contributed by atoms with Crippen molar-refractivity contribution in [1.82, 2.24) is 0 Å². The molecule has 5 heteroatoms. The summed E-state index contributed by atoms with van der Waals surface area (Å²) in [6.45, 7) is 0. The van der Waals surface area contributed by atoms with Gasteiger partial charge in [-0.15, -0.1) is 0 Å². The molecule has 0 unspecified atom stereocenters. The fourth-order valence-corrected chi connectivity index (χ4v) is 2.64. The van der Waals surface area contributed by atoms with Crippen molar-refractivity contribution in [2.45, 2.75) is 0 Å². The van der Waals surface area contributed by atoms with Crippen LogP contribution in [0.3, 0.4) is 0 Å². The third-order valence-corrected chi connectivity index (χ3v) is 3.36. The lowest BCUT2D eigenvalue weighted by Crippen LogP contribution is -1.97. The molecular weight excluding hydrogens is 269 g/mol. The average Bonchev–Trinajstić information content (AvgIpc) is 2.51. The smallest absolute Gasteiger partial charge is 0.257 e. The van der Waals surface area contributed by atoms with Crippen LogP contribution in [-0.4, -0.2) is 16.7 Å². The molecule has 1 aliphatic heterocycles. The van der Waals surface area contributed by atoms with Gasteiger partial charge in [0.2, 0.25) is 0 Å². The summed E-state index contributed by atoms with van der Waals surface area (Å²) in [6, 6.07) is 4.68. The maximum absolute atomic E-state index is 13.4. The largest absolute Gasteiger partial charge is 0.272 e. The summed E-state index contributed by atoms with van der Waals surface area (Å²) in [5.41, 5.74) is 0.378. The lowest BCUT2D eigenvalue weighted by molar-refractivity contribution is -0.115. The molecule has 0 fully saturated rings. The Morgan fingerprint density at radius 3 is 2.86 bits per heavy atom. The van der Waals surface area contributed by atoms with Gasteiger partial charge >= 0.3 is 0 Å². The Morgan fingerprint density at radius 2 is 2.29 bits per heavy atom. The minimum Gasteiger partial charge on any atom is -0.272 e. The first-order chi connectivity index (χ1) is 6.68. The minimum atomic E-state index is -0.361. The molecule has 1 heterocycles. The summed E-state index contributed by atoms with van der Waals surface area (Å²) in [7, 11) is 0. The molecule has 2 rings (SSSR count). The van der Waals surface area contributed by atoms with E-state index in [-0.39, 0.29) is 11.7 Å². The van der Waals surface area contributed by atoms with Crippen LogP contribution in [0, 0.1) is 5.82 Å². The summed E-state index contributed by atoms with van der Waals surface area (Å²) in [5, 5.41) is 0.458. The van der Waals surface area contributed by atoms with E-state index in [1.165, 1.54) is 17.8 Å². The highest BCUT2D eigenvalue weighted by Gasteiger charge is 2.21. The molecule has 0 saturated heterocycles. The van der Waals surface area contributed by atoms with Gasteiger partial charge in [-0.05, 0) is 28.1 Å². The Hall–Kier alpha value is -0.680. The van der Waals surface area contributed by atoms with E-state index < -0.39 is 0 Å². The molecule has 0 aromatic heterocycles. The third-order valence-electron chi connectivity index (χ3n) is 1.74. The van der Waals surface area contributed by atoms with Crippen LogP contribution < -0.4 is 0 Å². The van der Waals surface area contributed by atoms with E-state index >= 15 is 0 Å². The SMILES string of the molecule is O=C1CSC(c2c(F)cccc2Br)=N1. The van der Waals surface area contributed by atoms with Gasteiger partial charge in [0.25, 0.3) is 5.91 Å². The van der Waals surface area contributed by atoms with Crippen molar-refractivity contribution in [2.24, 2.45) is 4.99 Å². The summed E-state index contributed by atoms with van der Waals surface area (Å²) in [4.78, 5) is 14.7. The van der Waals surface area contributed by atoms with Crippen molar-refractivity contribution in [3.63, 3.8) is 0 Å². The van der Waals surface area contributed by atoms with Crippen LogP contribution in [0.25, 0.3) is 0 Å².